The maximum absolute atomic E-state index is 4.83. The topological polar surface area (TPSA) is 28.2 Å². The van der Waals surface area contributed by atoms with Crippen LogP contribution in [0.2, 0.25) is 0 Å². The van der Waals surface area contributed by atoms with Gasteiger partial charge in [-0.25, -0.2) is 4.98 Å². The smallest absolute Gasteiger partial charge is 0.185 e. The van der Waals surface area contributed by atoms with Crippen LogP contribution >= 0.6 is 11.3 Å². The molecule has 1 aromatic heterocycles. The van der Waals surface area contributed by atoms with Crippen LogP contribution in [0, 0.1) is 0 Å². The number of thiazole rings is 1. The lowest BCUT2D eigenvalue weighted by atomic mass is 9.91. The van der Waals surface area contributed by atoms with Gasteiger partial charge in [-0.2, -0.15) is 0 Å². The van der Waals surface area contributed by atoms with Crippen LogP contribution in [0.4, 0.5) is 5.13 Å². The van der Waals surface area contributed by atoms with Crippen molar-refractivity contribution in [3.63, 3.8) is 0 Å². The summed E-state index contributed by atoms with van der Waals surface area (Å²) in [5.74, 6) is 0. The fourth-order valence-corrected chi connectivity index (χ4v) is 2.95. The number of nitrogens with zero attached hydrogens (tertiary/aromatic N) is 2. The Bertz CT molecular complexity index is 363. The standard InChI is InChI=1S/C13H25N3S/c1-9(2)16(7)12-15-11(13(3,4)5)10(17-12)8-14-6/h9,14H,8H2,1-7H3. The van der Waals surface area contributed by atoms with Gasteiger partial charge in [-0.15, -0.1) is 11.3 Å². The molecule has 4 heteroatoms. The van der Waals surface area contributed by atoms with E-state index < -0.39 is 0 Å². The summed E-state index contributed by atoms with van der Waals surface area (Å²) >= 11 is 1.80. The van der Waals surface area contributed by atoms with Gasteiger partial charge in [-0.3, -0.25) is 0 Å². The molecule has 0 atom stereocenters. The van der Waals surface area contributed by atoms with Crippen LogP contribution in [0.3, 0.4) is 0 Å². The second-order valence-electron chi connectivity index (χ2n) is 5.75. The summed E-state index contributed by atoms with van der Waals surface area (Å²) in [5, 5.41) is 4.35. The first-order chi connectivity index (χ1) is 7.77. The fourth-order valence-electron chi connectivity index (χ4n) is 1.58. The normalized spacial score (nSPS) is 12.2. The molecular weight excluding hydrogens is 230 g/mol. The van der Waals surface area contributed by atoms with Gasteiger partial charge in [-0.05, 0) is 20.9 Å². The monoisotopic (exact) mass is 255 g/mol. The molecule has 17 heavy (non-hydrogen) atoms. The molecule has 0 aliphatic heterocycles. The lowest BCUT2D eigenvalue weighted by Gasteiger charge is -2.20. The van der Waals surface area contributed by atoms with Crippen LogP contribution in [0.25, 0.3) is 0 Å². The van der Waals surface area contributed by atoms with E-state index in [2.05, 4.69) is 51.9 Å². The minimum Gasteiger partial charge on any atom is -0.349 e. The van der Waals surface area contributed by atoms with Gasteiger partial charge >= 0.3 is 0 Å². The highest BCUT2D eigenvalue weighted by Gasteiger charge is 2.24. The molecule has 0 saturated carbocycles. The van der Waals surface area contributed by atoms with Crippen LogP contribution in [0.5, 0.6) is 0 Å². The first-order valence-electron chi connectivity index (χ1n) is 6.15. The Hall–Kier alpha value is -0.610. The minimum atomic E-state index is 0.110. The molecule has 0 fully saturated rings. The van der Waals surface area contributed by atoms with E-state index in [0.717, 1.165) is 11.7 Å². The van der Waals surface area contributed by atoms with Crippen molar-refractivity contribution in [2.45, 2.75) is 52.6 Å². The molecular formula is C13H25N3S. The van der Waals surface area contributed by atoms with Gasteiger partial charge in [-0.1, -0.05) is 20.8 Å². The van der Waals surface area contributed by atoms with Crippen molar-refractivity contribution in [1.29, 1.82) is 0 Å². The highest BCUT2D eigenvalue weighted by Crippen LogP contribution is 2.33. The van der Waals surface area contributed by atoms with Crippen LogP contribution in [0.1, 0.15) is 45.2 Å². The van der Waals surface area contributed by atoms with Gasteiger partial charge in [0.25, 0.3) is 0 Å². The Labute approximate surface area is 109 Å². The van der Waals surface area contributed by atoms with Crippen LogP contribution in [-0.2, 0) is 12.0 Å². The molecule has 0 radical (unpaired) electrons. The molecule has 0 aromatic carbocycles. The predicted octanol–water partition coefficient (Wildman–Crippen LogP) is 3.00. The largest absolute Gasteiger partial charge is 0.349 e. The van der Waals surface area contributed by atoms with Crippen LogP contribution < -0.4 is 10.2 Å². The van der Waals surface area contributed by atoms with E-state index in [1.54, 1.807) is 11.3 Å². The average Bonchev–Trinajstić information content (AvgIpc) is 2.60. The molecule has 0 bridgehead atoms. The second kappa shape index (κ2) is 5.36. The van der Waals surface area contributed by atoms with E-state index in [1.807, 2.05) is 7.05 Å². The van der Waals surface area contributed by atoms with Crippen molar-refractivity contribution in [3.8, 4) is 0 Å². The van der Waals surface area contributed by atoms with Gasteiger partial charge in [0.1, 0.15) is 0 Å². The predicted molar refractivity (Wildman–Crippen MR) is 77.1 cm³/mol. The Morgan fingerprint density at radius 1 is 1.35 bits per heavy atom. The zero-order valence-corrected chi connectivity index (χ0v) is 12.9. The second-order valence-corrected chi connectivity index (χ2v) is 6.82. The molecule has 0 spiro atoms. The lowest BCUT2D eigenvalue weighted by molar-refractivity contribution is 0.562. The lowest BCUT2D eigenvalue weighted by Crippen LogP contribution is -2.25. The van der Waals surface area contributed by atoms with E-state index in [0.29, 0.717) is 6.04 Å². The van der Waals surface area contributed by atoms with E-state index in [1.165, 1.54) is 10.6 Å². The van der Waals surface area contributed by atoms with Crippen LogP contribution in [-0.4, -0.2) is 25.1 Å². The molecule has 1 N–H and O–H groups in total. The van der Waals surface area contributed by atoms with Crippen molar-refractivity contribution in [2.75, 3.05) is 19.0 Å². The van der Waals surface area contributed by atoms with Gasteiger partial charge in [0.15, 0.2) is 5.13 Å². The van der Waals surface area contributed by atoms with Crippen molar-refractivity contribution < 1.29 is 0 Å². The Kier molecular flexibility index (Phi) is 4.55. The fraction of sp³-hybridized carbons (Fsp3) is 0.769. The first-order valence-corrected chi connectivity index (χ1v) is 6.96. The third-order valence-corrected chi connectivity index (χ3v) is 3.96. The number of aromatic nitrogens is 1. The number of nitrogens with one attached hydrogen (secondary N) is 1. The average molecular weight is 255 g/mol. The maximum Gasteiger partial charge on any atom is 0.185 e. The summed E-state index contributed by atoms with van der Waals surface area (Å²) in [7, 11) is 4.09. The molecule has 0 aliphatic carbocycles. The van der Waals surface area contributed by atoms with Gasteiger partial charge in [0.05, 0.1) is 5.69 Å². The third kappa shape index (κ3) is 3.42. The molecule has 0 aliphatic rings. The van der Waals surface area contributed by atoms with Gasteiger partial charge in [0, 0.05) is 29.9 Å². The molecule has 1 heterocycles. The summed E-state index contributed by atoms with van der Waals surface area (Å²) < 4.78 is 0. The van der Waals surface area contributed by atoms with Crippen molar-refractivity contribution in [3.05, 3.63) is 10.6 Å². The Morgan fingerprint density at radius 3 is 2.35 bits per heavy atom. The Balaban J connectivity index is 3.12. The zero-order chi connectivity index (χ0) is 13.2. The van der Waals surface area contributed by atoms with Crippen molar-refractivity contribution in [2.24, 2.45) is 0 Å². The summed E-state index contributed by atoms with van der Waals surface area (Å²) in [6, 6.07) is 0.483. The number of rotatable bonds is 4. The van der Waals surface area contributed by atoms with Crippen molar-refractivity contribution >= 4 is 16.5 Å². The zero-order valence-electron chi connectivity index (χ0n) is 12.1. The Morgan fingerprint density at radius 2 is 1.94 bits per heavy atom. The third-order valence-electron chi connectivity index (χ3n) is 2.81. The molecule has 0 unspecified atom stereocenters. The molecule has 0 amide bonds. The number of hydrogen-bond donors (Lipinski definition) is 1. The number of hydrogen-bond acceptors (Lipinski definition) is 4. The minimum absolute atomic E-state index is 0.110. The molecule has 1 aromatic rings. The van der Waals surface area contributed by atoms with E-state index in [4.69, 9.17) is 4.98 Å². The van der Waals surface area contributed by atoms with E-state index >= 15 is 0 Å². The van der Waals surface area contributed by atoms with E-state index in [-0.39, 0.29) is 5.41 Å². The summed E-state index contributed by atoms with van der Waals surface area (Å²) in [6.45, 7) is 11.9. The molecule has 0 saturated heterocycles. The summed E-state index contributed by atoms with van der Waals surface area (Å²) in [6.07, 6.45) is 0. The van der Waals surface area contributed by atoms with Gasteiger partial charge in [0.2, 0.25) is 0 Å². The maximum atomic E-state index is 4.83. The van der Waals surface area contributed by atoms with Gasteiger partial charge < -0.3 is 10.2 Å². The number of anilines is 1. The SMILES string of the molecule is CNCc1sc(N(C)C(C)C)nc1C(C)(C)C. The quantitative estimate of drug-likeness (QED) is 0.896. The highest BCUT2D eigenvalue weighted by molar-refractivity contribution is 7.15. The molecule has 3 nitrogen and oxygen atoms in total. The van der Waals surface area contributed by atoms with E-state index in [9.17, 15) is 0 Å². The molecule has 1 rings (SSSR count). The highest BCUT2D eigenvalue weighted by atomic mass is 32.1. The van der Waals surface area contributed by atoms with Crippen molar-refractivity contribution in [1.82, 2.24) is 10.3 Å². The van der Waals surface area contributed by atoms with Crippen LogP contribution in [0.15, 0.2) is 0 Å². The summed E-state index contributed by atoms with van der Waals surface area (Å²) in [5.41, 5.74) is 1.33. The molecule has 98 valence electrons. The first kappa shape index (κ1) is 14.5. The summed E-state index contributed by atoms with van der Waals surface area (Å²) in [4.78, 5) is 8.41.